The number of amides is 1. The van der Waals surface area contributed by atoms with Crippen molar-refractivity contribution in [1.82, 2.24) is 5.32 Å². The van der Waals surface area contributed by atoms with Gasteiger partial charge in [0.05, 0.1) is 25.4 Å². The number of aliphatic hydroxyl groups excluding tert-OH is 2. The van der Waals surface area contributed by atoms with Gasteiger partial charge in [-0.05, 0) is 57.8 Å². The van der Waals surface area contributed by atoms with E-state index in [4.69, 9.17) is 4.74 Å². The SMILES string of the molecule is CCCC/C=C\C/C=C\CCCCCCCC(=O)OCCCCCCCCCCCCCCCCCCCCCCCCC(=O)NC(CO)C(O)/C=C/CCCCCCCCCCCCCCCCCCCCCCCC. The molecule has 0 spiro atoms. The normalized spacial score (nSPS) is 12.7. The molecule has 6 heteroatoms. The summed E-state index contributed by atoms with van der Waals surface area (Å²) in [5.74, 6) is -0.0659. The minimum Gasteiger partial charge on any atom is -0.466 e. The van der Waals surface area contributed by atoms with Gasteiger partial charge in [0, 0.05) is 12.8 Å². The molecule has 0 bridgehead atoms. The Balaban J connectivity index is 3.42. The van der Waals surface area contributed by atoms with Gasteiger partial charge in [0.1, 0.15) is 0 Å². The van der Waals surface area contributed by atoms with Crippen LogP contribution in [0.1, 0.15) is 380 Å². The molecule has 454 valence electrons. The number of unbranched alkanes of at least 4 members (excludes halogenated alkanes) is 50. The van der Waals surface area contributed by atoms with Crippen molar-refractivity contribution in [2.45, 2.75) is 392 Å². The Morgan fingerprint density at radius 2 is 0.662 bits per heavy atom. The number of ether oxygens (including phenoxy) is 1. The molecule has 0 aliphatic carbocycles. The van der Waals surface area contributed by atoms with Crippen molar-refractivity contribution in [2.75, 3.05) is 13.2 Å². The minimum absolute atomic E-state index is 0.00142. The van der Waals surface area contributed by atoms with Gasteiger partial charge in [-0.3, -0.25) is 9.59 Å². The molecule has 3 N–H and O–H groups in total. The van der Waals surface area contributed by atoms with Gasteiger partial charge in [-0.25, -0.2) is 0 Å². The summed E-state index contributed by atoms with van der Waals surface area (Å²) in [6.45, 7) is 4.89. The lowest BCUT2D eigenvalue weighted by molar-refractivity contribution is -0.143. The second kappa shape index (κ2) is 66.6. The predicted molar refractivity (Wildman–Crippen MR) is 338 cm³/mol. The van der Waals surface area contributed by atoms with Crippen LogP contribution in [0.3, 0.4) is 0 Å². The number of aliphatic hydroxyl groups is 2. The zero-order valence-electron chi connectivity index (χ0n) is 52.0. The zero-order chi connectivity index (χ0) is 55.7. The largest absolute Gasteiger partial charge is 0.466 e. The molecule has 6 nitrogen and oxygen atoms in total. The maximum absolute atomic E-state index is 12.5. The van der Waals surface area contributed by atoms with E-state index in [1.54, 1.807) is 6.08 Å². The Bertz CT molecular complexity index is 1250. The Morgan fingerprint density at radius 3 is 1.03 bits per heavy atom. The van der Waals surface area contributed by atoms with Crippen LogP contribution in [0.5, 0.6) is 0 Å². The third-order valence-corrected chi connectivity index (χ3v) is 16.2. The van der Waals surface area contributed by atoms with Gasteiger partial charge in [0.15, 0.2) is 0 Å². The number of allylic oxidation sites excluding steroid dienone is 5. The molecule has 77 heavy (non-hydrogen) atoms. The Hall–Kier alpha value is -1.92. The number of hydrogen-bond donors (Lipinski definition) is 3. The van der Waals surface area contributed by atoms with E-state index in [1.165, 1.54) is 302 Å². The molecule has 1 amide bonds. The van der Waals surface area contributed by atoms with E-state index in [2.05, 4.69) is 43.5 Å². The standard InChI is InChI=1S/C71H135NO5/c1-3-5-7-9-11-13-15-17-19-20-21-22-23-24-27-30-33-36-39-43-47-51-55-59-63-69(74)68(67-73)72-70(75)64-60-56-52-48-44-40-37-34-31-28-25-26-29-32-35-38-42-46-50-54-58-62-66-77-71(76)65-61-57-53-49-45-41-18-16-14-12-10-8-6-4-2/h10,12,16,18,59,63,68-69,73-74H,3-9,11,13-15,17,19-58,60-62,64-67H2,1-2H3,(H,72,75)/b12-10-,18-16-,63-59+. The summed E-state index contributed by atoms with van der Waals surface area (Å²) >= 11 is 0. The summed E-state index contributed by atoms with van der Waals surface area (Å²) in [5.41, 5.74) is 0. The van der Waals surface area contributed by atoms with Gasteiger partial charge in [-0.2, -0.15) is 0 Å². The first-order valence-electron chi connectivity index (χ1n) is 34.8. The molecular formula is C71H135NO5. The first-order valence-corrected chi connectivity index (χ1v) is 34.8. The second-order valence-electron chi connectivity index (χ2n) is 23.9. The lowest BCUT2D eigenvalue weighted by atomic mass is 10.0. The van der Waals surface area contributed by atoms with Crippen LogP contribution in [-0.4, -0.2) is 47.4 Å². The van der Waals surface area contributed by atoms with Crippen LogP contribution in [0.2, 0.25) is 0 Å². The van der Waals surface area contributed by atoms with Gasteiger partial charge in [-0.1, -0.05) is 346 Å². The summed E-state index contributed by atoms with van der Waals surface area (Å²) in [7, 11) is 0. The monoisotopic (exact) mass is 1080 g/mol. The lowest BCUT2D eigenvalue weighted by Gasteiger charge is -2.20. The zero-order valence-corrected chi connectivity index (χ0v) is 52.0. The van der Waals surface area contributed by atoms with Crippen LogP contribution in [0.4, 0.5) is 0 Å². The number of carbonyl (C=O) groups is 2. The Labute approximate surface area is 481 Å². The fraction of sp³-hybridized carbons (Fsp3) is 0.887. The van der Waals surface area contributed by atoms with E-state index in [1.807, 2.05) is 6.08 Å². The average Bonchev–Trinajstić information content (AvgIpc) is 3.43. The molecule has 0 saturated heterocycles. The summed E-state index contributed by atoms with van der Waals surface area (Å²) in [6, 6.07) is -0.630. The molecule has 0 saturated carbocycles. The summed E-state index contributed by atoms with van der Waals surface area (Å²) in [5, 5.41) is 23.3. The predicted octanol–water partition coefficient (Wildman–Crippen LogP) is 22.3. The first-order chi connectivity index (χ1) is 38.0. The molecule has 0 heterocycles. The van der Waals surface area contributed by atoms with Crippen LogP contribution < -0.4 is 5.32 Å². The van der Waals surface area contributed by atoms with Crippen LogP contribution in [0.15, 0.2) is 36.5 Å². The van der Waals surface area contributed by atoms with E-state index in [0.29, 0.717) is 19.4 Å². The third-order valence-electron chi connectivity index (χ3n) is 16.2. The maximum Gasteiger partial charge on any atom is 0.305 e. The third kappa shape index (κ3) is 63.1. The molecule has 0 aliphatic heterocycles. The van der Waals surface area contributed by atoms with Crippen molar-refractivity contribution >= 4 is 11.9 Å². The number of rotatable bonds is 65. The summed E-state index contributed by atoms with van der Waals surface area (Å²) in [4.78, 5) is 24.6. The highest BCUT2D eigenvalue weighted by atomic mass is 16.5. The van der Waals surface area contributed by atoms with Crippen LogP contribution >= 0.6 is 0 Å². The highest BCUT2D eigenvalue weighted by molar-refractivity contribution is 5.76. The van der Waals surface area contributed by atoms with Crippen molar-refractivity contribution < 1.29 is 24.5 Å². The van der Waals surface area contributed by atoms with Crippen LogP contribution in [0.25, 0.3) is 0 Å². The lowest BCUT2D eigenvalue weighted by Crippen LogP contribution is -2.45. The smallest absolute Gasteiger partial charge is 0.305 e. The van der Waals surface area contributed by atoms with Gasteiger partial charge in [0.25, 0.3) is 0 Å². The fourth-order valence-electron chi connectivity index (χ4n) is 10.8. The molecule has 0 aromatic carbocycles. The number of nitrogens with one attached hydrogen (secondary N) is 1. The van der Waals surface area contributed by atoms with E-state index >= 15 is 0 Å². The van der Waals surface area contributed by atoms with Gasteiger partial charge in [-0.15, -0.1) is 0 Å². The van der Waals surface area contributed by atoms with Gasteiger partial charge in [0.2, 0.25) is 5.91 Å². The van der Waals surface area contributed by atoms with Crippen LogP contribution in [-0.2, 0) is 14.3 Å². The van der Waals surface area contributed by atoms with Gasteiger partial charge < -0.3 is 20.3 Å². The van der Waals surface area contributed by atoms with E-state index in [0.717, 1.165) is 51.4 Å². The first kappa shape index (κ1) is 75.1. The molecule has 0 rings (SSSR count). The second-order valence-corrected chi connectivity index (χ2v) is 23.9. The number of carbonyl (C=O) groups excluding carboxylic acids is 2. The molecule has 0 aliphatic rings. The highest BCUT2D eigenvalue weighted by Crippen LogP contribution is 2.19. The summed E-state index contributed by atoms with van der Waals surface area (Å²) < 4.78 is 5.48. The maximum atomic E-state index is 12.5. The average molecular weight is 1080 g/mol. The molecular weight excluding hydrogens is 947 g/mol. The van der Waals surface area contributed by atoms with Crippen molar-refractivity contribution in [3.05, 3.63) is 36.5 Å². The molecule has 2 unspecified atom stereocenters. The quantitative estimate of drug-likeness (QED) is 0.0320. The van der Waals surface area contributed by atoms with E-state index < -0.39 is 12.1 Å². The number of hydrogen-bond acceptors (Lipinski definition) is 5. The highest BCUT2D eigenvalue weighted by Gasteiger charge is 2.18. The van der Waals surface area contributed by atoms with Crippen molar-refractivity contribution in [2.24, 2.45) is 0 Å². The van der Waals surface area contributed by atoms with Crippen molar-refractivity contribution in [3.8, 4) is 0 Å². The molecule has 0 aromatic rings. The molecule has 0 radical (unpaired) electrons. The van der Waals surface area contributed by atoms with Crippen LogP contribution in [0, 0.1) is 0 Å². The number of esters is 1. The minimum atomic E-state index is -0.847. The topological polar surface area (TPSA) is 95.9 Å². The molecule has 0 fully saturated rings. The Morgan fingerprint density at radius 1 is 0.364 bits per heavy atom. The molecule has 2 atom stereocenters. The van der Waals surface area contributed by atoms with Gasteiger partial charge >= 0.3 is 5.97 Å². The van der Waals surface area contributed by atoms with Crippen molar-refractivity contribution in [3.63, 3.8) is 0 Å². The van der Waals surface area contributed by atoms with E-state index in [-0.39, 0.29) is 18.5 Å². The van der Waals surface area contributed by atoms with E-state index in [9.17, 15) is 19.8 Å². The molecule has 0 aromatic heterocycles. The fourth-order valence-corrected chi connectivity index (χ4v) is 10.8. The van der Waals surface area contributed by atoms with Crippen molar-refractivity contribution in [1.29, 1.82) is 0 Å². The Kier molecular flexibility index (Phi) is 64.9. The summed E-state index contributed by atoms with van der Waals surface area (Å²) in [6.07, 6.45) is 85.0.